The Morgan fingerprint density at radius 1 is 1.23 bits per heavy atom. The van der Waals surface area contributed by atoms with Crippen LogP contribution in [0.3, 0.4) is 0 Å². The second kappa shape index (κ2) is 7.81. The second-order valence-electron chi connectivity index (χ2n) is 7.37. The number of nitrogens with one attached hydrogen (secondary N) is 1. The van der Waals surface area contributed by atoms with Crippen LogP contribution in [-0.2, 0) is 10.3 Å². The first-order valence-corrected chi connectivity index (χ1v) is 10.3. The fourth-order valence-corrected chi connectivity index (χ4v) is 5.36. The number of carbonyl (C=O) groups excluding carboxylic acids is 1. The molecule has 2 aliphatic heterocycles. The lowest BCUT2D eigenvalue weighted by atomic mass is 9.74. The maximum Gasteiger partial charge on any atom is 0.249 e. The zero-order valence-corrected chi connectivity index (χ0v) is 16.7. The van der Waals surface area contributed by atoms with E-state index in [1.54, 1.807) is 24.3 Å². The Morgan fingerprint density at radius 2 is 2.00 bits per heavy atom. The molecule has 2 aromatic carbocycles. The molecule has 156 valence electrons. The highest BCUT2D eigenvalue weighted by Gasteiger charge is 2.50. The molecular formula is C21H20F2N4O2S. The average Bonchev–Trinajstić information content (AvgIpc) is 2.72. The number of aliphatic imine (C=N–C) groups is 1. The molecule has 2 heterocycles. The van der Waals surface area contributed by atoms with Crippen molar-refractivity contribution in [2.24, 2.45) is 22.4 Å². The molecule has 4 rings (SSSR count). The van der Waals surface area contributed by atoms with E-state index in [2.05, 4.69) is 0 Å². The topological polar surface area (TPSA) is 115 Å². The molecule has 3 atom stereocenters. The SMILES string of the molecule is N=C(N)[C@H]1C[C@H]2CSC(c3ccccc3C(N)=O)=N[C@@]2(c2ccc(F)cc2F)CO1. The minimum absolute atomic E-state index is 0.0206. The fourth-order valence-electron chi connectivity index (χ4n) is 4.03. The van der Waals surface area contributed by atoms with Gasteiger partial charge in [0.1, 0.15) is 29.1 Å². The molecule has 1 fully saturated rings. The molecule has 2 aromatic rings. The highest BCUT2D eigenvalue weighted by molar-refractivity contribution is 8.14. The lowest BCUT2D eigenvalue weighted by molar-refractivity contribution is -0.0260. The number of rotatable bonds is 4. The van der Waals surface area contributed by atoms with Crippen molar-refractivity contribution >= 4 is 28.5 Å². The van der Waals surface area contributed by atoms with Crippen LogP contribution >= 0.6 is 11.8 Å². The van der Waals surface area contributed by atoms with Crippen LogP contribution in [0.25, 0.3) is 0 Å². The number of nitrogens with zero attached hydrogens (tertiary/aromatic N) is 1. The Bertz CT molecular complexity index is 1060. The van der Waals surface area contributed by atoms with Crippen LogP contribution in [0.1, 0.15) is 27.9 Å². The number of fused-ring (bicyclic) bond motifs is 1. The first-order valence-electron chi connectivity index (χ1n) is 9.34. The zero-order valence-electron chi connectivity index (χ0n) is 15.9. The monoisotopic (exact) mass is 430 g/mol. The number of ether oxygens (including phenoxy) is 1. The van der Waals surface area contributed by atoms with E-state index in [4.69, 9.17) is 26.6 Å². The van der Waals surface area contributed by atoms with Gasteiger partial charge in [-0.15, -0.1) is 11.8 Å². The van der Waals surface area contributed by atoms with Gasteiger partial charge in [0.15, 0.2) is 0 Å². The number of amidine groups is 1. The average molecular weight is 430 g/mol. The number of primary amides is 1. The number of thioether (sulfide) groups is 1. The van der Waals surface area contributed by atoms with E-state index in [0.29, 0.717) is 28.3 Å². The molecule has 0 aromatic heterocycles. The largest absolute Gasteiger partial charge is 0.385 e. The van der Waals surface area contributed by atoms with Crippen LogP contribution in [0.5, 0.6) is 0 Å². The highest BCUT2D eigenvalue weighted by atomic mass is 32.2. The summed E-state index contributed by atoms with van der Waals surface area (Å²) in [6, 6.07) is 10.2. The zero-order chi connectivity index (χ0) is 21.5. The smallest absolute Gasteiger partial charge is 0.249 e. The highest BCUT2D eigenvalue weighted by Crippen LogP contribution is 2.48. The van der Waals surface area contributed by atoms with Crippen molar-refractivity contribution in [3.05, 3.63) is 70.8 Å². The predicted molar refractivity (Wildman–Crippen MR) is 112 cm³/mol. The Hall–Kier alpha value is -2.78. The van der Waals surface area contributed by atoms with Gasteiger partial charge in [0.25, 0.3) is 0 Å². The fraction of sp³-hybridized carbons (Fsp3) is 0.286. The van der Waals surface area contributed by atoms with Gasteiger partial charge in [0.05, 0.1) is 11.7 Å². The molecule has 0 unspecified atom stereocenters. The van der Waals surface area contributed by atoms with Crippen molar-refractivity contribution in [1.29, 1.82) is 5.41 Å². The molecule has 6 nitrogen and oxygen atoms in total. The van der Waals surface area contributed by atoms with E-state index in [1.165, 1.54) is 23.9 Å². The van der Waals surface area contributed by atoms with Crippen molar-refractivity contribution in [3.63, 3.8) is 0 Å². The molecule has 5 N–H and O–H groups in total. The Morgan fingerprint density at radius 3 is 2.70 bits per heavy atom. The Labute approximate surface area is 176 Å². The summed E-state index contributed by atoms with van der Waals surface area (Å²) in [6.07, 6.45) is -0.199. The van der Waals surface area contributed by atoms with Gasteiger partial charge < -0.3 is 16.2 Å². The lowest BCUT2D eigenvalue weighted by Crippen LogP contribution is -2.52. The first-order chi connectivity index (χ1) is 14.3. The van der Waals surface area contributed by atoms with Crippen molar-refractivity contribution < 1.29 is 18.3 Å². The number of hydrogen-bond acceptors (Lipinski definition) is 5. The summed E-state index contributed by atoms with van der Waals surface area (Å²) >= 11 is 1.43. The van der Waals surface area contributed by atoms with Gasteiger partial charge in [0.2, 0.25) is 5.91 Å². The molecule has 0 radical (unpaired) electrons. The van der Waals surface area contributed by atoms with E-state index in [9.17, 15) is 13.6 Å². The standard InChI is InChI=1S/C21H20F2N4O2S/c22-12-5-6-15(16(23)8-12)21-10-29-17(18(24)25)7-11(21)9-30-20(27-21)14-4-2-1-3-13(14)19(26)28/h1-6,8,11,17H,7,9-10H2,(H3,24,25)(H2,26,28)/t11-,17+,21-/m0/s1. The number of halogens is 2. The predicted octanol–water partition coefficient (Wildman–Crippen LogP) is 2.79. The van der Waals surface area contributed by atoms with Crippen LogP contribution in [-0.4, -0.2) is 35.3 Å². The van der Waals surface area contributed by atoms with Gasteiger partial charge in [-0.25, -0.2) is 8.78 Å². The molecule has 0 aliphatic carbocycles. The van der Waals surface area contributed by atoms with Crippen LogP contribution in [0.4, 0.5) is 8.78 Å². The summed E-state index contributed by atoms with van der Waals surface area (Å²) in [4.78, 5) is 16.8. The number of nitrogens with two attached hydrogens (primary N) is 2. The van der Waals surface area contributed by atoms with Gasteiger partial charge in [-0.1, -0.05) is 24.3 Å². The van der Waals surface area contributed by atoms with Crippen molar-refractivity contribution in [2.75, 3.05) is 12.4 Å². The molecule has 2 aliphatic rings. The molecular weight excluding hydrogens is 410 g/mol. The molecule has 0 saturated carbocycles. The van der Waals surface area contributed by atoms with Gasteiger partial charge in [-0.3, -0.25) is 15.2 Å². The van der Waals surface area contributed by atoms with E-state index in [0.717, 1.165) is 6.07 Å². The summed E-state index contributed by atoms with van der Waals surface area (Å²) in [5.74, 6) is -1.75. The third-order valence-electron chi connectivity index (χ3n) is 5.57. The minimum Gasteiger partial charge on any atom is -0.385 e. The van der Waals surface area contributed by atoms with Gasteiger partial charge in [-0.05, 0) is 18.6 Å². The van der Waals surface area contributed by atoms with Crippen LogP contribution in [0.2, 0.25) is 0 Å². The summed E-state index contributed by atoms with van der Waals surface area (Å²) in [5.41, 5.74) is 11.1. The van der Waals surface area contributed by atoms with E-state index in [1.807, 2.05) is 0 Å². The number of amides is 1. The summed E-state index contributed by atoms with van der Waals surface area (Å²) in [5, 5.41) is 8.25. The summed E-state index contributed by atoms with van der Waals surface area (Å²) in [7, 11) is 0. The summed E-state index contributed by atoms with van der Waals surface area (Å²) in [6.45, 7) is -0.0206. The number of hydrogen-bond donors (Lipinski definition) is 3. The molecule has 0 spiro atoms. The van der Waals surface area contributed by atoms with Crippen LogP contribution in [0, 0.1) is 23.0 Å². The third-order valence-corrected chi connectivity index (χ3v) is 6.72. The van der Waals surface area contributed by atoms with E-state index in [-0.39, 0.29) is 23.9 Å². The van der Waals surface area contributed by atoms with Gasteiger partial charge in [-0.2, -0.15) is 0 Å². The van der Waals surface area contributed by atoms with Gasteiger partial charge in [0, 0.05) is 34.4 Å². The molecule has 0 bridgehead atoms. The van der Waals surface area contributed by atoms with Crippen LogP contribution < -0.4 is 11.5 Å². The van der Waals surface area contributed by atoms with Gasteiger partial charge >= 0.3 is 0 Å². The number of benzene rings is 2. The maximum absolute atomic E-state index is 14.9. The Kier molecular flexibility index (Phi) is 5.33. The second-order valence-corrected chi connectivity index (χ2v) is 8.38. The maximum atomic E-state index is 14.9. The first kappa shape index (κ1) is 20.5. The molecule has 1 amide bonds. The normalized spacial score (nSPS) is 25.9. The van der Waals surface area contributed by atoms with E-state index < -0.39 is 29.2 Å². The molecule has 1 saturated heterocycles. The number of carbonyl (C=O) groups is 1. The quantitative estimate of drug-likeness (QED) is 0.511. The van der Waals surface area contributed by atoms with Crippen molar-refractivity contribution in [2.45, 2.75) is 18.1 Å². The third kappa shape index (κ3) is 3.48. The lowest BCUT2D eigenvalue weighted by Gasteiger charge is -2.46. The van der Waals surface area contributed by atoms with Crippen molar-refractivity contribution in [3.8, 4) is 0 Å². The molecule has 30 heavy (non-hydrogen) atoms. The summed E-state index contributed by atoms with van der Waals surface area (Å²) < 4.78 is 34.3. The van der Waals surface area contributed by atoms with E-state index >= 15 is 0 Å². The minimum atomic E-state index is -1.13. The molecule has 9 heteroatoms. The van der Waals surface area contributed by atoms with Crippen LogP contribution in [0.15, 0.2) is 47.5 Å². The Balaban J connectivity index is 1.87. The van der Waals surface area contributed by atoms with Crippen molar-refractivity contribution in [1.82, 2.24) is 0 Å².